The normalized spacial score (nSPS) is 13.4. The van der Waals surface area contributed by atoms with Crippen LogP contribution in [0.3, 0.4) is 0 Å². The van der Waals surface area contributed by atoms with Gasteiger partial charge in [0, 0.05) is 51.1 Å². The Labute approximate surface area is 246 Å². The molecule has 0 saturated heterocycles. The smallest absolute Gasteiger partial charge is 0.261 e. The lowest BCUT2D eigenvalue weighted by Crippen LogP contribution is -2.50. The van der Waals surface area contributed by atoms with E-state index in [1.54, 1.807) is 24.3 Å². The molecule has 5 rings (SSSR count). The molecule has 1 aliphatic rings. The number of para-hydroxylation sites is 1. The van der Waals surface area contributed by atoms with Crippen LogP contribution in [0.2, 0.25) is 0 Å². The van der Waals surface area contributed by atoms with Crippen LogP contribution in [0.15, 0.2) is 65.9 Å². The van der Waals surface area contributed by atoms with Crippen molar-refractivity contribution in [3.05, 3.63) is 77.5 Å². The van der Waals surface area contributed by atoms with Gasteiger partial charge in [-0.1, -0.05) is 82.2 Å². The highest BCUT2D eigenvalue weighted by atomic mass is 16.3. The first-order valence-corrected chi connectivity index (χ1v) is 15.1. The van der Waals surface area contributed by atoms with Crippen molar-refractivity contribution in [1.82, 2.24) is 9.47 Å². The summed E-state index contributed by atoms with van der Waals surface area (Å²) in [5.41, 5.74) is 6.70. The first kappa shape index (κ1) is 29.5. The second kappa shape index (κ2) is 13.8. The number of amides is 2. The number of rotatable bonds is 15. The van der Waals surface area contributed by atoms with Crippen LogP contribution in [0.1, 0.15) is 84.6 Å². The van der Waals surface area contributed by atoms with Crippen molar-refractivity contribution in [1.29, 1.82) is 0 Å². The lowest BCUT2D eigenvalue weighted by molar-refractivity contribution is 0.0375. The minimum absolute atomic E-state index is 0.352. The number of imide groups is 1. The van der Waals surface area contributed by atoms with E-state index in [0.29, 0.717) is 27.6 Å². The summed E-state index contributed by atoms with van der Waals surface area (Å²) >= 11 is 0. The van der Waals surface area contributed by atoms with E-state index in [0.717, 1.165) is 28.8 Å². The summed E-state index contributed by atoms with van der Waals surface area (Å²) < 4.78 is 2.31. The summed E-state index contributed by atoms with van der Waals surface area (Å²) in [5.74, 6) is -1.06. The third-order valence-electron chi connectivity index (χ3n) is 8.19. The van der Waals surface area contributed by atoms with Crippen LogP contribution < -0.4 is 5.43 Å². The SMILES string of the molecule is CCCCCCCCCCn1cc(/C=N/Nc2ccc3c4c(cccc24)C(=O)N(C(CO)CO)C3=O)c2ccccc21. The van der Waals surface area contributed by atoms with E-state index in [1.807, 2.05) is 18.3 Å². The summed E-state index contributed by atoms with van der Waals surface area (Å²) in [6.07, 6.45) is 14.3. The zero-order chi connectivity index (χ0) is 29.5. The van der Waals surface area contributed by atoms with Gasteiger partial charge in [0.25, 0.3) is 11.8 Å². The fourth-order valence-electron chi connectivity index (χ4n) is 5.92. The van der Waals surface area contributed by atoms with Crippen molar-refractivity contribution in [3.8, 4) is 0 Å². The van der Waals surface area contributed by atoms with Crippen LogP contribution in [-0.2, 0) is 6.54 Å². The lowest BCUT2D eigenvalue weighted by Gasteiger charge is -2.32. The number of nitrogens with one attached hydrogen (secondary N) is 1. The highest BCUT2D eigenvalue weighted by Gasteiger charge is 2.37. The molecule has 2 heterocycles. The van der Waals surface area contributed by atoms with Gasteiger partial charge in [-0.05, 0) is 30.7 Å². The van der Waals surface area contributed by atoms with E-state index in [4.69, 9.17) is 0 Å². The molecule has 8 nitrogen and oxygen atoms in total. The Bertz CT molecular complexity index is 1570. The average molecular weight is 569 g/mol. The zero-order valence-corrected chi connectivity index (χ0v) is 24.3. The maximum atomic E-state index is 13.2. The third-order valence-corrected chi connectivity index (χ3v) is 8.19. The van der Waals surface area contributed by atoms with Crippen LogP contribution in [0.25, 0.3) is 21.7 Å². The minimum Gasteiger partial charge on any atom is -0.394 e. The number of hydrogen-bond donors (Lipinski definition) is 3. The van der Waals surface area contributed by atoms with Crippen molar-refractivity contribution < 1.29 is 19.8 Å². The van der Waals surface area contributed by atoms with Gasteiger partial charge in [-0.3, -0.25) is 19.9 Å². The van der Waals surface area contributed by atoms with Crippen molar-refractivity contribution in [2.45, 2.75) is 70.9 Å². The Morgan fingerprint density at radius 3 is 2.21 bits per heavy atom. The summed E-state index contributed by atoms with van der Waals surface area (Å²) in [6, 6.07) is 16.1. The molecule has 3 N–H and O–H groups in total. The highest BCUT2D eigenvalue weighted by molar-refractivity contribution is 6.27. The van der Waals surface area contributed by atoms with Gasteiger partial charge in [0.2, 0.25) is 0 Å². The van der Waals surface area contributed by atoms with Gasteiger partial charge in [-0.15, -0.1) is 0 Å². The number of aliphatic hydroxyl groups is 2. The van der Waals surface area contributed by atoms with Crippen molar-refractivity contribution in [3.63, 3.8) is 0 Å². The van der Waals surface area contributed by atoms with Gasteiger partial charge in [0.05, 0.1) is 31.2 Å². The second-order valence-corrected chi connectivity index (χ2v) is 11.0. The molecule has 0 radical (unpaired) electrons. The molecular weight excluding hydrogens is 528 g/mol. The molecule has 4 aromatic rings. The minimum atomic E-state index is -0.992. The highest BCUT2D eigenvalue weighted by Crippen LogP contribution is 2.35. The second-order valence-electron chi connectivity index (χ2n) is 11.0. The molecule has 3 aromatic carbocycles. The Kier molecular flexibility index (Phi) is 9.66. The number of fused-ring (bicyclic) bond motifs is 1. The number of aromatic nitrogens is 1. The van der Waals surface area contributed by atoms with E-state index in [9.17, 15) is 19.8 Å². The number of aliphatic hydroxyl groups excluding tert-OH is 2. The van der Waals surface area contributed by atoms with Crippen LogP contribution >= 0.6 is 0 Å². The topological polar surface area (TPSA) is 107 Å². The summed E-state index contributed by atoms with van der Waals surface area (Å²) in [5, 5.41) is 26.2. The van der Waals surface area contributed by atoms with E-state index in [2.05, 4.69) is 46.4 Å². The van der Waals surface area contributed by atoms with Crippen LogP contribution in [0.5, 0.6) is 0 Å². The van der Waals surface area contributed by atoms with E-state index in [1.165, 1.54) is 50.5 Å². The number of carbonyl (C=O) groups is 2. The number of benzene rings is 3. The van der Waals surface area contributed by atoms with Crippen LogP contribution in [-0.4, -0.2) is 57.0 Å². The quantitative estimate of drug-likeness (QED) is 0.0672. The van der Waals surface area contributed by atoms with Gasteiger partial charge in [0.15, 0.2) is 0 Å². The molecule has 220 valence electrons. The Morgan fingerprint density at radius 1 is 0.810 bits per heavy atom. The van der Waals surface area contributed by atoms with Gasteiger partial charge in [-0.2, -0.15) is 5.10 Å². The number of carbonyl (C=O) groups excluding carboxylic acids is 2. The van der Waals surface area contributed by atoms with Crippen molar-refractivity contribution in [2.75, 3.05) is 18.6 Å². The van der Waals surface area contributed by atoms with Gasteiger partial charge < -0.3 is 14.8 Å². The number of nitrogens with zero attached hydrogens (tertiary/aromatic N) is 3. The van der Waals surface area contributed by atoms with Crippen molar-refractivity contribution in [2.24, 2.45) is 5.10 Å². The molecule has 1 aliphatic heterocycles. The molecule has 0 spiro atoms. The predicted octanol–water partition coefficient (Wildman–Crippen LogP) is 6.33. The fraction of sp³-hybridized carbons (Fsp3) is 0.382. The molecule has 0 saturated carbocycles. The maximum absolute atomic E-state index is 13.2. The first-order valence-electron chi connectivity index (χ1n) is 15.1. The lowest BCUT2D eigenvalue weighted by atomic mass is 9.92. The number of unbranched alkanes of at least 4 members (excludes halogenated alkanes) is 7. The van der Waals surface area contributed by atoms with Gasteiger partial charge >= 0.3 is 0 Å². The van der Waals surface area contributed by atoms with Crippen LogP contribution in [0, 0.1) is 0 Å². The third kappa shape index (κ3) is 5.96. The van der Waals surface area contributed by atoms with E-state index < -0.39 is 31.1 Å². The zero-order valence-electron chi connectivity index (χ0n) is 24.3. The standard InChI is InChI=1S/C34H40N4O4/c1-2-3-4-5-6-7-8-11-19-37-21-24(26-13-9-10-16-31(26)37)20-35-36-30-18-17-29-32-27(30)14-12-15-28(32)33(41)38(34(29)42)25(22-39)23-40/h9-10,12-18,20-21,25,36,39-40H,2-8,11,19,22-23H2,1H3/b35-20+. The van der Waals surface area contributed by atoms with E-state index in [-0.39, 0.29) is 0 Å². The Balaban J connectivity index is 1.32. The number of hydrogen-bond acceptors (Lipinski definition) is 6. The van der Waals surface area contributed by atoms with Gasteiger partial charge in [0.1, 0.15) is 0 Å². The molecule has 0 aliphatic carbocycles. The molecule has 0 bridgehead atoms. The number of hydrazone groups is 1. The largest absolute Gasteiger partial charge is 0.394 e. The molecular formula is C34H40N4O4. The molecule has 2 amide bonds. The Hall–Kier alpha value is -4.01. The van der Waals surface area contributed by atoms with E-state index >= 15 is 0 Å². The average Bonchev–Trinajstić information content (AvgIpc) is 3.37. The Morgan fingerprint density at radius 2 is 1.48 bits per heavy atom. The predicted molar refractivity (Wildman–Crippen MR) is 168 cm³/mol. The summed E-state index contributed by atoms with van der Waals surface area (Å²) in [4.78, 5) is 27.4. The summed E-state index contributed by atoms with van der Waals surface area (Å²) in [7, 11) is 0. The number of aryl methyl sites for hydroxylation is 1. The fourth-order valence-corrected chi connectivity index (χ4v) is 5.92. The number of anilines is 1. The first-order chi connectivity index (χ1) is 20.6. The van der Waals surface area contributed by atoms with Crippen LogP contribution in [0.4, 0.5) is 5.69 Å². The summed E-state index contributed by atoms with van der Waals surface area (Å²) in [6.45, 7) is 2.20. The maximum Gasteiger partial charge on any atom is 0.261 e. The molecule has 0 unspecified atom stereocenters. The molecule has 0 atom stereocenters. The molecule has 0 fully saturated rings. The molecule has 42 heavy (non-hydrogen) atoms. The monoisotopic (exact) mass is 568 g/mol. The molecule has 8 heteroatoms. The van der Waals surface area contributed by atoms with Crippen molar-refractivity contribution >= 4 is 45.4 Å². The molecule has 1 aromatic heterocycles. The van der Waals surface area contributed by atoms with Gasteiger partial charge in [-0.25, -0.2) is 0 Å².